The number of hydrogen-bond acceptors (Lipinski definition) is 4. The molecule has 5 rings (SSSR count). The number of nitrogens with zero attached hydrogens (tertiary/aromatic N) is 3. The van der Waals surface area contributed by atoms with Crippen LogP contribution < -0.4 is 0 Å². The SMILES string of the molecule is O=C1CC(C(=O)N2CCC(O)(c3ccccc3)C3CCCCC32)CN1Cc1ccncc1. The average Bonchev–Trinajstić information content (AvgIpc) is 3.20. The molecule has 0 spiro atoms. The molecule has 3 fully saturated rings. The summed E-state index contributed by atoms with van der Waals surface area (Å²) in [6.45, 7) is 1.53. The molecule has 2 saturated heterocycles. The predicted molar refractivity (Wildman–Crippen MR) is 120 cm³/mol. The number of piperidine rings is 1. The van der Waals surface area contributed by atoms with Crippen LogP contribution in [-0.4, -0.2) is 50.8 Å². The number of rotatable bonds is 4. The number of likely N-dealkylation sites (tertiary alicyclic amines) is 2. The largest absolute Gasteiger partial charge is 0.385 e. The molecule has 3 aliphatic rings. The van der Waals surface area contributed by atoms with Gasteiger partial charge in [-0.3, -0.25) is 14.6 Å². The standard InChI is InChI=1S/C26H31N3O3/c30-24-16-20(18-28(24)17-19-10-13-27-14-11-19)25(31)29-15-12-26(32,21-6-2-1-3-7-21)22-8-4-5-9-23(22)29/h1-3,6-7,10-11,13-14,20,22-23,32H,4-5,8-9,12,15-18H2. The summed E-state index contributed by atoms with van der Waals surface area (Å²) in [7, 11) is 0. The van der Waals surface area contributed by atoms with Crippen LogP contribution in [0.15, 0.2) is 54.9 Å². The molecule has 2 amide bonds. The van der Waals surface area contributed by atoms with Crippen LogP contribution >= 0.6 is 0 Å². The van der Waals surface area contributed by atoms with Gasteiger partial charge in [0.05, 0.1) is 11.5 Å². The summed E-state index contributed by atoms with van der Waals surface area (Å²) in [5, 5.41) is 11.7. The Bertz CT molecular complexity index is 967. The fraction of sp³-hybridized carbons (Fsp3) is 0.500. The van der Waals surface area contributed by atoms with Gasteiger partial charge < -0.3 is 14.9 Å². The van der Waals surface area contributed by atoms with Crippen molar-refractivity contribution in [3.05, 3.63) is 66.0 Å². The van der Waals surface area contributed by atoms with Gasteiger partial charge in [0.15, 0.2) is 0 Å². The summed E-state index contributed by atoms with van der Waals surface area (Å²) < 4.78 is 0. The normalized spacial score (nSPS) is 30.3. The van der Waals surface area contributed by atoms with Gasteiger partial charge in [0.1, 0.15) is 0 Å². The van der Waals surface area contributed by atoms with Crippen molar-refractivity contribution in [1.29, 1.82) is 0 Å². The van der Waals surface area contributed by atoms with Crippen LogP contribution in [0.1, 0.15) is 49.7 Å². The number of pyridine rings is 1. The molecule has 1 aromatic carbocycles. The number of aromatic nitrogens is 1. The number of amides is 2. The van der Waals surface area contributed by atoms with E-state index in [0.29, 0.717) is 26.1 Å². The lowest BCUT2D eigenvalue weighted by atomic mass is 9.66. The number of fused-ring (bicyclic) bond motifs is 1. The van der Waals surface area contributed by atoms with Gasteiger partial charge >= 0.3 is 0 Å². The van der Waals surface area contributed by atoms with Crippen molar-refractivity contribution in [2.45, 2.75) is 56.7 Å². The Kier molecular flexibility index (Phi) is 5.72. The first kappa shape index (κ1) is 21.1. The molecule has 0 radical (unpaired) electrons. The summed E-state index contributed by atoms with van der Waals surface area (Å²) in [6, 6.07) is 13.8. The minimum absolute atomic E-state index is 0.0400. The third-order valence-electron chi connectivity index (χ3n) is 7.72. The van der Waals surface area contributed by atoms with Gasteiger partial charge in [0.25, 0.3) is 0 Å². The highest BCUT2D eigenvalue weighted by atomic mass is 16.3. The monoisotopic (exact) mass is 433 g/mol. The molecule has 0 bridgehead atoms. The second-order valence-corrected chi connectivity index (χ2v) is 9.56. The smallest absolute Gasteiger partial charge is 0.228 e. The zero-order chi connectivity index (χ0) is 22.1. The second kappa shape index (κ2) is 8.66. The van der Waals surface area contributed by atoms with Crippen molar-refractivity contribution in [3.8, 4) is 0 Å². The number of hydrogen-bond donors (Lipinski definition) is 1. The maximum Gasteiger partial charge on any atom is 0.228 e. The fourth-order valence-electron chi connectivity index (χ4n) is 6.08. The highest BCUT2D eigenvalue weighted by Crippen LogP contribution is 2.47. The molecule has 3 heterocycles. The van der Waals surface area contributed by atoms with E-state index in [-0.39, 0.29) is 36.1 Å². The van der Waals surface area contributed by atoms with Crippen LogP contribution in [0, 0.1) is 11.8 Å². The number of aliphatic hydroxyl groups is 1. The molecular formula is C26H31N3O3. The summed E-state index contributed by atoms with van der Waals surface area (Å²) in [4.78, 5) is 34.1. The van der Waals surface area contributed by atoms with Crippen molar-refractivity contribution in [3.63, 3.8) is 0 Å². The molecule has 6 nitrogen and oxygen atoms in total. The molecule has 4 unspecified atom stereocenters. The Morgan fingerprint density at radius 3 is 2.62 bits per heavy atom. The van der Waals surface area contributed by atoms with E-state index in [1.165, 1.54) is 0 Å². The molecular weight excluding hydrogens is 402 g/mol. The quantitative estimate of drug-likeness (QED) is 0.804. The highest BCUT2D eigenvalue weighted by Gasteiger charge is 2.51. The van der Waals surface area contributed by atoms with E-state index in [1.807, 2.05) is 47.4 Å². The van der Waals surface area contributed by atoms with E-state index in [9.17, 15) is 14.7 Å². The molecule has 4 atom stereocenters. The van der Waals surface area contributed by atoms with Crippen molar-refractivity contribution in [1.82, 2.24) is 14.8 Å². The van der Waals surface area contributed by atoms with Gasteiger partial charge in [-0.25, -0.2) is 0 Å². The van der Waals surface area contributed by atoms with Crippen LogP contribution in [0.5, 0.6) is 0 Å². The molecule has 32 heavy (non-hydrogen) atoms. The Morgan fingerprint density at radius 2 is 1.84 bits per heavy atom. The van der Waals surface area contributed by atoms with Crippen molar-refractivity contribution >= 4 is 11.8 Å². The lowest BCUT2D eigenvalue weighted by Crippen LogP contribution is -2.60. The van der Waals surface area contributed by atoms with Crippen LogP contribution in [0.2, 0.25) is 0 Å². The van der Waals surface area contributed by atoms with Crippen molar-refractivity contribution < 1.29 is 14.7 Å². The van der Waals surface area contributed by atoms with Crippen LogP contribution in [0.25, 0.3) is 0 Å². The molecule has 1 aliphatic carbocycles. The number of carbonyl (C=O) groups is 2. The topological polar surface area (TPSA) is 73.7 Å². The van der Waals surface area contributed by atoms with E-state index < -0.39 is 5.60 Å². The Labute approximate surface area is 189 Å². The van der Waals surface area contributed by atoms with Crippen LogP contribution in [-0.2, 0) is 21.7 Å². The molecule has 1 N–H and O–H groups in total. The van der Waals surface area contributed by atoms with E-state index in [0.717, 1.165) is 36.8 Å². The number of carbonyl (C=O) groups excluding carboxylic acids is 2. The molecule has 6 heteroatoms. The first-order chi connectivity index (χ1) is 15.6. The molecule has 168 valence electrons. The van der Waals surface area contributed by atoms with E-state index in [1.54, 1.807) is 17.3 Å². The van der Waals surface area contributed by atoms with Crippen LogP contribution in [0.4, 0.5) is 0 Å². The summed E-state index contributed by atoms with van der Waals surface area (Å²) in [5.41, 5.74) is 1.10. The summed E-state index contributed by atoms with van der Waals surface area (Å²) >= 11 is 0. The lowest BCUT2D eigenvalue weighted by molar-refractivity contribution is -0.158. The van der Waals surface area contributed by atoms with Gasteiger partial charge in [-0.1, -0.05) is 43.2 Å². The van der Waals surface area contributed by atoms with E-state index >= 15 is 0 Å². The third kappa shape index (κ3) is 3.81. The minimum Gasteiger partial charge on any atom is -0.385 e. The van der Waals surface area contributed by atoms with Gasteiger partial charge in [-0.2, -0.15) is 0 Å². The maximum atomic E-state index is 13.6. The molecule has 1 saturated carbocycles. The zero-order valence-corrected chi connectivity index (χ0v) is 18.4. The van der Waals surface area contributed by atoms with Gasteiger partial charge in [0.2, 0.25) is 11.8 Å². The first-order valence-corrected chi connectivity index (χ1v) is 11.8. The Morgan fingerprint density at radius 1 is 1.09 bits per heavy atom. The summed E-state index contributed by atoms with van der Waals surface area (Å²) in [5.74, 6) is -0.128. The fourth-order valence-corrected chi connectivity index (χ4v) is 6.08. The van der Waals surface area contributed by atoms with Crippen LogP contribution in [0.3, 0.4) is 0 Å². The maximum absolute atomic E-state index is 13.6. The first-order valence-electron chi connectivity index (χ1n) is 11.8. The van der Waals surface area contributed by atoms with E-state index in [4.69, 9.17) is 0 Å². The number of benzene rings is 1. The minimum atomic E-state index is -0.887. The molecule has 2 aliphatic heterocycles. The van der Waals surface area contributed by atoms with E-state index in [2.05, 4.69) is 4.98 Å². The summed E-state index contributed by atoms with van der Waals surface area (Å²) in [6.07, 6.45) is 8.29. The van der Waals surface area contributed by atoms with Crippen molar-refractivity contribution in [2.24, 2.45) is 11.8 Å². The molecule has 1 aromatic heterocycles. The highest BCUT2D eigenvalue weighted by molar-refractivity contribution is 5.89. The Hall–Kier alpha value is -2.73. The van der Waals surface area contributed by atoms with Gasteiger partial charge in [0, 0.05) is 50.4 Å². The van der Waals surface area contributed by atoms with Gasteiger partial charge in [-0.05, 0) is 42.5 Å². The Balaban J connectivity index is 1.32. The third-order valence-corrected chi connectivity index (χ3v) is 7.72. The lowest BCUT2D eigenvalue weighted by Gasteiger charge is -2.53. The average molecular weight is 434 g/mol. The second-order valence-electron chi connectivity index (χ2n) is 9.56. The van der Waals surface area contributed by atoms with Crippen molar-refractivity contribution in [2.75, 3.05) is 13.1 Å². The zero-order valence-electron chi connectivity index (χ0n) is 18.4. The predicted octanol–water partition coefficient (Wildman–Crippen LogP) is 3.11. The van der Waals surface area contributed by atoms with Gasteiger partial charge in [-0.15, -0.1) is 0 Å². The molecule has 2 aromatic rings.